The fraction of sp³-hybridized carbons (Fsp3) is 0.688. The van der Waals surface area contributed by atoms with Crippen molar-refractivity contribution in [1.29, 1.82) is 0 Å². The van der Waals surface area contributed by atoms with Gasteiger partial charge in [0.25, 0.3) is 0 Å². The first-order valence-electron chi connectivity index (χ1n) is 60.5. The number of hydrogen-bond donors (Lipinski definition) is 5. The van der Waals surface area contributed by atoms with Gasteiger partial charge in [-0.05, 0) is 271 Å². The fourth-order valence-corrected chi connectivity index (χ4v) is 16.4. The summed E-state index contributed by atoms with van der Waals surface area (Å²) in [6, 6.07) is 6.08. The Kier molecular flexibility index (Phi) is 17.3. The van der Waals surface area contributed by atoms with Gasteiger partial charge in [-0.15, -0.1) is 0 Å². The van der Waals surface area contributed by atoms with Crippen LogP contribution in [0.2, 0.25) is 0 Å². The number of aliphatic hydroxyl groups is 5. The summed E-state index contributed by atoms with van der Waals surface area (Å²) in [4.78, 5) is 5.89. The molecule has 10 aliphatic rings. The van der Waals surface area contributed by atoms with Crippen LogP contribution in [0.3, 0.4) is 0 Å². The number of methoxy groups -OCH3 is 10. The molecule has 20 heteroatoms. The van der Waals surface area contributed by atoms with E-state index in [2.05, 4.69) is 0 Å². The van der Waals surface area contributed by atoms with E-state index < -0.39 is 230 Å². The number of piperidine rings is 5. The molecule has 15 rings (SSSR count). The number of nitrogens with zero attached hydrogens (tertiary/aromatic N) is 5. The van der Waals surface area contributed by atoms with E-state index >= 15 is 0 Å². The Morgan fingerprint density at radius 1 is 0.397 bits per heavy atom. The summed E-state index contributed by atoms with van der Waals surface area (Å²) < 4.78 is 403. The molecule has 5 N–H and O–H groups in total. The highest BCUT2D eigenvalue weighted by atomic mass is 16.5. The monoisotopic (exact) mass is 1650 g/mol. The summed E-state index contributed by atoms with van der Waals surface area (Å²) >= 11 is 0. The van der Waals surface area contributed by atoms with E-state index in [-0.39, 0.29) is 88.4 Å². The SMILES string of the molecule is [2H]C([2H])([2H])Oc1cc2c(cc1OC)C([2H])([2H])C([2H])([2H])N1CC([2H])(C([2H])([2H])C(C)(C([2H])([2H])[2H])C([2H])([2H])[2H])C([2H])(O)C([2H])([2H])C21.[2H]C([2H])([2H])Oc1cc2c(cc1OC)C([2H])([2H])C([2H])([2H])N1CC([2H])(CC(C)C)C([2H])(O)C([2H])([2H])C21.[2H]C([2H])([2H])Oc1cc2c(cc1OC)CCN1C2([2H])CC(O)C(CC(C)C)C1([2H])[2H].[2H]C12CC(O)C(CC(C)C)C([2H])([2H])N1CCc1cc(OC)c(OC)cc12.[2H]C12CC(O)C(CC(C)C)C([2H])([2H])N1CCc1cc(OC)c(OC)cc12. The van der Waals surface area contributed by atoms with Gasteiger partial charge in [-0.3, -0.25) is 24.5 Å². The maximum atomic E-state index is 11.5. The van der Waals surface area contributed by atoms with Crippen LogP contribution in [0.4, 0.5) is 0 Å². The number of ether oxygens (including phenoxy) is 10. The highest BCUT2D eigenvalue weighted by Crippen LogP contribution is 2.51. The molecule has 5 saturated heterocycles. The third-order valence-corrected chi connectivity index (χ3v) is 21.9. The normalized spacial score (nSPS) is 41.8. The van der Waals surface area contributed by atoms with E-state index in [1.54, 1.807) is 70.3 Å². The van der Waals surface area contributed by atoms with Crippen LogP contribution in [0.5, 0.6) is 57.5 Å². The van der Waals surface area contributed by atoms with Crippen molar-refractivity contribution in [2.75, 3.05) is 136 Å². The molecule has 0 bridgehead atoms. The first kappa shape index (κ1) is 49.6. The number of aryl methyl sites for hydroxylation is 2. The lowest BCUT2D eigenvalue weighted by Crippen LogP contribution is -2.48. The molecule has 0 amide bonds. The van der Waals surface area contributed by atoms with Gasteiger partial charge in [-0.1, -0.05) is 76.0 Å². The molecule has 10 heterocycles. The highest BCUT2D eigenvalue weighted by molar-refractivity contribution is 5.54. The molecular formula is C96H147N5O15. The molecule has 5 fully saturated rings. The first-order valence-corrected chi connectivity index (χ1v) is 39.5. The third-order valence-electron chi connectivity index (χ3n) is 21.9. The molecule has 0 spiro atoms. The number of aliphatic hydroxyl groups excluding tert-OH is 3. The van der Waals surface area contributed by atoms with Crippen molar-refractivity contribution in [3.63, 3.8) is 0 Å². The van der Waals surface area contributed by atoms with E-state index in [4.69, 9.17) is 105 Å². The first-order chi connectivity index (χ1) is 71.4. The molecule has 0 aliphatic carbocycles. The van der Waals surface area contributed by atoms with Gasteiger partial charge in [-0.25, -0.2) is 0 Å². The lowest BCUT2D eigenvalue weighted by Gasteiger charge is -2.47. The Bertz CT molecular complexity index is 5860. The third kappa shape index (κ3) is 21.3. The summed E-state index contributed by atoms with van der Waals surface area (Å²) in [6.07, 6.45) is -22.6. The average Bonchev–Trinajstić information content (AvgIpc) is 0.652. The zero-order valence-electron chi connectivity index (χ0n) is 111. The number of rotatable bonds is 19. The van der Waals surface area contributed by atoms with E-state index in [9.17, 15) is 25.5 Å². The largest absolute Gasteiger partial charge is 0.493 e. The molecule has 116 heavy (non-hydrogen) atoms. The molecule has 20 nitrogen and oxygen atoms in total. The summed E-state index contributed by atoms with van der Waals surface area (Å²) in [5, 5.41) is 54.9. The molecule has 0 aromatic heterocycles. The lowest BCUT2D eigenvalue weighted by atomic mass is 9.75. The van der Waals surface area contributed by atoms with Crippen molar-refractivity contribution in [2.24, 2.45) is 58.6 Å². The van der Waals surface area contributed by atoms with Crippen LogP contribution < -0.4 is 47.4 Å². The standard InChI is InChI=1S/C20H31NO3.4C19H29NO3/c1-20(2,3)11-14-12-21-7-6-13-8-18(23-4)19(24-5)9-15(13)16(21)10-17(14)22;4*1-12(2)7-14-11-20-6-5-13-8-18(22-3)19(23-4)9-15(13)16(20)10-17(14)21/h8-9,14,16-17,22H,6-7,10-12H2,1-5H3;4*8-9,12,14,16-17,21H,5-7,10-11H2,1-4H3/i1D3,2D3,5D3,6D2,7D2,10D2,11D2,14D,17D;4D3,5D2,6D2,10D2,14D,17D;4D3,11D2,16D;2*11D2,16D. The van der Waals surface area contributed by atoms with E-state index in [0.29, 0.717) is 105 Å². The second kappa shape index (κ2) is 40.4. The Labute approximate surface area is 755 Å². The van der Waals surface area contributed by atoms with Crippen LogP contribution in [-0.2, 0) is 32.0 Å². The maximum absolute atomic E-state index is 11.5. The van der Waals surface area contributed by atoms with Crippen LogP contribution >= 0.6 is 0 Å². The number of hydrogen-bond acceptors (Lipinski definition) is 20. The van der Waals surface area contributed by atoms with Crippen molar-refractivity contribution >= 4 is 0 Å². The summed E-state index contributed by atoms with van der Waals surface area (Å²) in [7, 11) is 1.23. The van der Waals surface area contributed by atoms with Crippen LogP contribution in [0.15, 0.2) is 60.7 Å². The number of benzene rings is 5. The van der Waals surface area contributed by atoms with Crippen molar-refractivity contribution in [3.05, 3.63) is 116 Å². The van der Waals surface area contributed by atoms with Crippen LogP contribution in [0, 0.1) is 58.6 Å². The summed E-state index contributed by atoms with van der Waals surface area (Å²) in [5.41, 5.74) is -0.669. The molecule has 5 aromatic carbocycles. The minimum absolute atomic E-state index is 0.0147. The average molecular weight is 1650 g/mol. The molecule has 15 atom stereocenters. The van der Waals surface area contributed by atoms with Crippen LogP contribution in [0.1, 0.15) is 283 Å². The van der Waals surface area contributed by atoms with Crippen molar-refractivity contribution in [2.45, 2.75) is 233 Å². The van der Waals surface area contributed by atoms with Crippen LogP contribution in [-0.4, -0.2) is 217 Å². The minimum Gasteiger partial charge on any atom is -0.493 e. The van der Waals surface area contributed by atoms with Gasteiger partial charge in [0, 0.05) is 134 Å². The second-order valence-electron chi connectivity index (χ2n) is 32.3. The predicted octanol–water partition coefficient (Wildman–Crippen LogP) is 15.5. The smallest absolute Gasteiger partial charge is 0.161 e. The van der Waals surface area contributed by atoms with Gasteiger partial charge >= 0.3 is 0 Å². The Balaban J connectivity index is 0.000000188. The van der Waals surface area contributed by atoms with Gasteiger partial charge in [0.15, 0.2) is 57.5 Å². The van der Waals surface area contributed by atoms with Crippen molar-refractivity contribution < 1.29 is 130 Å². The Morgan fingerprint density at radius 2 is 0.681 bits per heavy atom. The summed E-state index contributed by atoms with van der Waals surface area (Å²) in [6.45, 7) is -4.08. The zero-order valence-corrected chi connectivity index (χ0v) is 69.4. The molecule has 0 saturated carbocycles. The van der Waals surface area contributed by atoms with E-state index in [0.717, 1.165) is 53.0 Å². The highest BCUT2D eigenvalue weighted by Gasteiger charge is 2.45. The quantitative estimate of drug-likeness (QED) is 0.0520. The van der Waals surface area contributed by atoms with Gasteiger partial charge in [-0.2, -0.15) is 0 Å². The lowest BCUT2D eigenvalue weighted by molar-refractivity contribution is -0.0259. The molecular weight excluding hydrogens is 1460 g/mol. The molecule has 646 valence electrons. The summed E-state index contributed by atoms with van der Waals surface area (Å²) in [5.74, 6) is -6.06. The van der Waals surface area contributed by atoms with Crippen LogP contribution in [0.25, 0.3) is 0 Å². The Morgan fingerprint density at radius 3 is 0.983 bits per heavy atom. The van der Waals surface area contributed by atoms with E-state index in [1.807, 2.05) is 53.7 Å². The van der Waals surface area contributed by atoms with Gasteiger partial charge in [0.05, 0.1) is 121 Å². The maximum Gasteiger partial charge on any atom is 0.161 e. The molecule has 10 aliphatic heterocycles. The fourth-order valence-electron chi connectivity index (χ4n) is 16.4. The predicted molar refractivity (Wildman–Crippen MR) is 460 cm³/mol. The minimum atomic E-state index is -4.04. The van der Waals surface area contributed by atoms with Crippen molar-refractivity contribution in [1.82, 2.24) is 24.5 Å². The van der Waals surface area contributed by atoms with Gasteiger partial charge < -0.3 is 72.9 Å². The van der Waals surface area contributed by atoms with Crippen molar-refractivity contribution in [3.8, 4) is 57.5 Å². The van der Waals surface area contributed by atoms with E-state index in [1.165, 1.54) is 25.2 Å². The molecule has 15 unspecified atom stereocenters. The topological polar surface area (TPSA) is 210 Å². The van der Waals surface area contributed by atoms with Gasteiger partial charge in [0.2, 0.25) is 0 Å². The Hall–Kier alpha value is -6.30. The molecule has 0 radical (unpaired) electrons. The zero-order chi connectivity index (χ0) is 121. The second-order valence-corrected chi connectivity index (χ2v) is 32.3. The van der Waals surface area contributed by atoms with Gasteiger partial charge in [0.1, 0.15) is 0 Å². The molecule has 5 aromatic rings. The number of fused-ring (bicyclic) bond motifs is 15.